The van der Waals surface area contributed by atoms with Crippen molar-refractivity contribution in [3.8, 4) is 6.07 Å². The molecule has 6 heteroatoms. The van der Waals surface area contributed by atoms with Crippen molar-refractivity contribution in [2.75, 3.05) is 6.26 Å². The molecule has 1 N–H and O–H groups in total. The van der Waals surface area contributed by atoms with Crippen LogP contribution in [0.25, 0.3) is 0 Å². The topological polar surface area (TPSA) is 70.0 Å². The minimum absolute atomic E-state index is 0.0369. The van der Waals surface area contributed by atoms with Crippen molar-refractivity contribution < 1.29 is 14.0 Å². The van der Waals surface area contributed by atoms with Gasteiger partial charge in [0.1, 0.15) is 5.82 Å². The van der Waals surface area contributed by atoms with Crippen molar-refractivity contribution in [2.24, 2.45) is 5.92 Å². The van der Waals surface area contributed by atoms with Gasteiger partial charge in [0.25, 0.3) is 0 Å². The fourth-order valence-electron chi connectivity index (χ4n) is 2.75. The first-order chi connectivity index (χ1) is 11.1. The molecule has 0 saturated heterocycles. The van der Waals surface area contributed by atoms with E-state index in [1.54, 1.807) is 12.3 Å². The molecule has 0 aliphatic heterocycles. The second-order valence-electron chi connectivity index (χ2n) is 5.62. The zero-order chi connectivity index (χ0) is 16.8. The summed E-state index contributed by atoms with van der Waals surface area (Å²) in [5, 5.41) is 12.0. The molecule has 0 bridgehead atoms. The second-order valence-corrected chi connectivity index (χ2v) is 6.47. The molecular weight excluding hydrogens is 315 g/mol. The van der Waals surface area contributed by atoms with Gasteiger partial charge in [0.05, 0.1) is 6.07 Å². The molecule has 1 aromatic rings. The van der Waals surface area contributed by atoms with Gasteiger partial charge in [0, 0.05) is 16.5 Å². The maximum Gasteiger partial charge on any atom is 0.245 e. The number of benzene rings is 1. The lowest BCUT2D eigenvalue weighted by molar-refractivity contribution is -0.123. The first-order valence-corrected chi connectivity index (χ1v) is 8.87. The van der Waals surface area contributed by atoms with E-state index in [1.807, 2.05) is 0 Å². The normalized spacial score (nSPS) is 16.4. The van der Waals surface area contributed by atoms with Gasteiger partial charge in [-0.2, -0.15) is 5.26 Å². The van der Waals surface area contributed by atoms with Crippen LogP contribution in [0.4, 0.5) is 4.39 Å². The fraction of sp³-hybridized carbons (Fsp3) is 0.471. The van der Waals surface area contributed by atoms with Crippen molar-refractivity contribution in [2.45, 2.75) is 43.0 Å². The average molecular weight is 334 g/mol. The summed E-state index contributed by atoms with van der Waals surface area (Å²) in [6.07, 6.45) is 6.71. The standard InChI is InChI=1S/C17H19FN2O2S/c1-23-15-9-11(7-8-14(15)18)16(21)13(10-19)17(22)20-12-5-3-2-4-6-12/h7-9,12-13H,2-6H2,1H3,(H,20,22)/t13-/m0/s1. The Morgan fingerprint density at radius 2 is 2.04 bits per heavy atom. The molecule has 1 amide bonds. The summed E-state index contributed by atoms with van der Waals surface area (Å²) in [5.41, 5.74) is 0.182. The van der Waals surface area contributed by atoms with E-state index in [9.17, 15) is 19.2 Å². The van der Waals surface area contributed by atoms with Gasteiger partial charge in [-0.25, -0.2) is 4.39 Å². The molecule has 0 aromatic heterocycles. The Morgan fingerprint density at radius 1 is 1.35 bits per heavy atom. The molecule has 1 fully saturated rings. The summed E-state index contributed by atoms with van der Waals surface area (Å²) in [5.74, 6) is -2.96. The molecule has 0 heterocycles. The number of nitriles is 1. The fourth-order valence-corrected chi connectivity index (χ4v) is 3.26. The van der Waals surface area contributed by atoms with Crippen LogP contribution in [0.15, 0.2) is 23.1 Å². The monoisotopic (exact) mass is 334 g/mol. The van der Waals surface area contributed by atoms with E-state index in [-0.39, 0.29) is 11.6 Å². The van der Waals surface area contributed by atoms with Gasteiger partial charge in [-0.15, -0.1) is 11.8 Å². The highest BCUT2D eigenvalue weighted by molar-refractivity contribution is 7.98. The molecule has 0 radical (unpaired) electrons. The van der Waals surface area contributed by atoms with Crippen LogP contribution >= 0.6 is 11.8 Å². The van der Waals surface area contributed by atoms with Gasteiger partial charge in [-0.1, -0.05) is 19.3 Å². The van der Waals surface area contributed by atoms with Crippen molar-refractivity contribution >= 4 is 23.5 Å². The van der Waals surface area contributed by atoms with Crippen LogP contribution in [-0.2, 0) is 4.79 Å². The minimum atomic E-state index is -1.39. The molecule has 0 spiro atoms. The number of ketones is 1. The van der Waals surface area contributed by atoms with E-state index < -0.39 is 23.4 Å². The second kappa shape index (κ2) is 8.11. The zero-order valence-electron chi connectivity index (χ0n) is 13.0. The summed E-state index contributed by atoms with van der Waals surface area (Å²) in [6, 6.07) is 5.71. The molecule has 1 atom stereocenters. The Bertz CT molecular complexity index is 636. The molecule has 1 aliphatic carbocycles. The Balaban J connectivity index is 2.11. The van der Waals surface area contributed by atoms with E-state index in [2.05, 4.69) is 5.32 Å². The zero-order valence-corrected chi connectivity index (χ0v) is 13.8. The molecule has 4 nitrogen and oxygen atoms in total. The van der Waals surface area contributed by atoms with Gasteiger partial charge in [-0.3, -0.25) is 9.59 Å². The van der Waals surface area contributed by atoms with Crippen LogP contribution < -0.4 is 5.32 Å². The molecule has 1 aromatic carbocycles. The van der Waals surface area contributed by atoms with E-state index >= 15 is 0 Å². The highest BCUT2D eigenvalue weighted by Crippen LogP contribution is 2.23. The molecule has 2 rings (SSSR count). The smallest absolute Gasteiger partial charge is 0.245 e. The number of carbonyl (C=O) groups is 2. The molecule has 23 heavy (non-hydrogen) atoms. The minimum Gasteiger partial charge on any atom is -0.352 e. The predicted octanol–water partition coefficient (Wildman–Crippen LogP) is 3.32. The first-order valence-electron chi connectivity index (χ1n) is 7.64. The Kier molecular flexibility index (Phi) is 6.17. The highest BCUT2D eigenvalue weighted by atomic mass is 32.2. The van der Waals surface area contributed by atoms with Crippen LogP contribution in [0, 0.1) is 23.1 Å². The van der Waals surface area contributed by atoms with Gasteiger partial charge < -0.3 is 5.32 Å². The van der Waals surface area contributed by atoms with Crippen molar-refractivity contribution in [1.82, 2.24) is 5.32 Å². The van der Waals surface area contributed by atoms with Crippen LogP contribution in [0.2, 0.25) is 0 Å². The molecule has 1 aliphatic rings. The number of thioether (sulfide) groups is 1. The summed E-state index contributed by atoms with van der Waals surface area (Å²) in [7, 11) is 0. The third-order valence-electron chi connectivity index (χ3n) is 4.04. The largest absolute Gasteiger partial charge is 0.352 e. The van der Waals surface area contributed by atoms with Crippen LogP contribution in [0.3, 0.4) is 0 Å². The average Bonchev–Trinajstić information content (AvgIpc) is 2.56. The number of Topliss-reactive ketones (excluding diaryl/α,β-unsaturated/α-hetero) is 1. The first kappa shape index (κ1) is 17.5. The Morgan fingerprint density at radius 3 is 2.65 bits per heavy atom. The van der Waals surface area contributed by atoms with Crippen LogP contribution in [0.5, 0.6) is 0 Å². The number of hydrogen-bond acceptors (Lipinski definition) is 4. The Hall–Kier alpha value is -1.87. The van der Waals surface area contributed by atoms with Crippen LogP contribution in [0.1, 0.15) is 42.5 Å². The van der Waals surface area contributed by atoms with Gasteiger partial charge in [-0.05, 0) is 37.3 Å². The molecule has 0 unspecified atom stereocenters. The number of carbonyl (C=O) groups excluding carboxylic acids is 2. The number of halogens is 1. The number of nitrogens with zero attached hydrogens (tertiary/aromatic N) is 1. The molecule has 1 saturated carbocycles. The maximum absolute atomic E-state index is 13.5. The van der Waals surface area contributed by atoms with E-state index in [1.165, 1.54) is 30.0 Å². The van der Waals surface area contributed by atoms with E-state index in [0.717, 1.165) is 32.1 Å². The van der Waals surface area contributed by atoms with Gasteiger partial charge >= 0.3 is 0 Å². The highest BCUT2D eigenvalue weighted by Gasteiger charge is 2.29. The number of nitrogens with one attached hydrogen (secondary N) is 1. The maximum atomic E-state index is 13.5. The number of rotatable bonds is 5. The lowest BCUT2D eigenvalue weighted by Gasteiger charge is -2.23. The molecule has 122 valence electrons. The van der Waals surface area contributed by atoms with E-state index in [0.29, 0.717) is 4.90 Å². The summed E-state index contributed by atoms with van der Waals surface area (Å²) in [4.78, 5) is 25.0. The summed E-state index contributed by atoms with van der Waals surface area (Å²) >= 11 is 1.17. The van der Waals surface area contributed by atoms with Gasteiger partial charge in [0.15, 0.2) is 11.7 Å². The lowest BCUT2D eigenvalue weighted by atomic mass is 9.93. The molecular formula is C17H19FN2O2S. The third-order valence-corrected chi connectivity index (χ3v) is 4.79. The lowest BCUT2D eigenvalue weighted by Crippen LogP contribution is -2.42. The summed E-state index contributed by atoms with van der Waals surface area (Å²) < 4.78 is 13.5. The van der Waals surface area contributed by atoms with Crippen molar-refractivity contribution in [3.63, 3.8) is 0 Å². The van der Waals surface area contributed by atoms with E-state index in [4.69, 9.17) is 0 Å². The number of amides is 1. The third kappa shape index (κ3) is 4.32. The predicted molar refractivity (Wildman–Crippen MR) is 86.6 cm³/mol. The Labute approximate surface area is 139 Å². The quantitative estimate of drug-likeness (QED) is 0.509. The van der Waals surface area contributed by atoms with Crippen LogP contribution in [-0.4, -0.2) is 24.0 Å². The SMILES string of the molecule is CSc1cc(C(=O)[C@H](C#N)C(=O)NC2CCCCC2)ccc1F. The van der Waals surface area contributed by atoms with Crippen molar-refractivity contribution in [3.05, 3.63) is 29.6 Å². The van der Waals surface area contributed by atoms with Gasteiger partial charge in [0.2, 0.25) is 5.91 Å². The van der Waals surface area contributed by atoms with Crippen molar-refractivity contribution in [1.29, 1.82) is 5.26 Å². The summed E-state index contributed by atoms with van der Waals surface area (Å²) in [6.45, 7) is 0. The number of hydrogen-bond donors (Lipinski definition) is 1.